The quantitative estimate of drug-likeness (QED) is 0.439. The largest absolute Gasteiger partial charge is 0.370 e. The molecule has 22 heavy (non-hydrogen) atoms. The highest BCUT2D eigenvalue weighted by Gasteiger charge is 2.24. The van der Waals surface area contributed by atoms with Crippen molar-refractivity contribution in [2.75, 3.05) is 26.0 Å². The summed E-state index contributed by atoms with van der Waals surface area (Å²) < 4.78 is 0. The fourth-order valence-electron chi connectivity index (χ4n) is 3.15. The number of nitrogens with two attached hydrogens (primary N) is 1. The maximum Gasteiger partial charge on any atom is 0.193 e. The number of anilines is 1. The summed E-state index contributed by atoms with van der Waals surface area (Å²) in [6.45, 7) is 0.767. The van der Waals surface area contributed by atoms with Crippen molar-refractivity contribution in [1.82, 2.24) is 4.90 Å². The third-order valence-electron chi connectivity index (χ3n) is 4.35. The van der Waals surface area contributed by atoms with Crippen LogP contribution in [0.5, 0.6) is 0 Å². The van der Waals surface area contributed by atoms with Gasteiger partial charge in [-0.1, -0.05) is 37.5 Å². The van der Waals surface area contributed by atoms with E-state index < -0.39 is 0 Å². The first-order valence-corrected chi connectivity index (χ1v) is 7.95. The zero-order valence-corrected chi connectivity index (χ0v) is 16.0. The zero-order chi connectivity index (χ0) is 15.1. The second-order valence-corrected chi connectivity index (χ2v) is 6.15. The smallest absolute Gasteiger partial charge is 0.193 e. The minimum Gasteiger partial charge on any atom is -0.370 e. The number of para-hydroxylation sites is 1. The lowest BCUT2D eigenvalue weighted by Gasteiger charge is -2.33. The fraction of sp³-hybridized carbons (Fsp3) is 0.588. The van der Waals surface area contributed by atoms with E-state index in [-0.39, 0.29) is 24.0 Å². The standard InChI is InChI=1S/C17H28N4.HI/c1-21(2)16(14-9-5-3-6-10-14)13-19-17(18)20-15-11-7-4-8-12-15;/h4,7-8,11-12,14,16H,3,5-6,9-10,13H2,1-2H3,(H3,18,19,20);1H. The molecule has 0 bridgehead atoms. The van der Waals surface area contributed by atoms with Gasteiger partial charge in [0, 0.05) is 11.7 Å². The maximum absolute atomic E-state index is 6.00. The summed E-state index contributed by atoms with van der Waals surface area (Å²) in [5, 5.41) is 3.15. The molecule has 1 aromatic rings. The van der Waals surface area contributed by atoms with E-state index in [0.29, 0.717) is 12.0 Å². The predicted octanol–water partition coefficient (Wildman–Crippen LogP) is 3.54. The minimum atomic E-state index is 0. The Kier molecular flexibility index (Phi) is 8.78. The molecule has 1 aromatic carbocycles. The summed E-state index contributed by atoms with van der Waals surface area (Å²) in [6.07, 6.45) is 6.75. The van der Waals surface area contributed by atoms with E-state index in [0.717, 1.165) is 18.2 Å². The lowest BCUT2D eigenvalue weighted by Crippen LogP contribution is -2.39. The van der Waals surface area contributed by atoms with Gasteiger partial charge < -0.3 is 16.0 Å². The van der Waals surface area contributed by atoms with Gasteiger partial charge in [-0.3, -0.25) is 4.99 Å². The van der Waals surface area contributed by atoms with Crippen LogP contribution in [0.1, 0.15) is 32.1 Å². The van der Waals surface area contributed by atoms with Crippen LogP contribution in [0.3, 0.4) is 0 Å². The number of benzene rings is 1. The number of hydrogen-bond acceptors (Lipinski definition) is 2. The Morgan fingerprint density at radius 1 is 1.23 bits per heavy atom. The second-order valence-electron chi connectivity index (χ2n) is 6.15. The Labute approximate surface area is 151 Å². The molecule has 0 radical (unpaired) electrons. The molecule has 1 aliphatic carbocycles. The molecule has 0 aromatic heterocycles. The van der Waals surface area contributed by atoms with Crippen LogP contribution in [0.2, 0.25) is 0 Å². The third-order valence-corrected chi connectivity index (χ3v) is 4.35. The first-order valence-electron chi connectivity index (χ1n) is 7.95. The van der Waals surface area contributed by atoms with Crippen LogP contribution in [0.25, 0.3) is 0 Å². The number of likely N-dealkylation sites (N-methyl/N-ethyl adjacent to an activating group) is 1. The molecule has 1 unspecified atom stereocenters. The van der Waals surface area contributed by atoms with Crippen molar-refractivity contribution in [2.24, 2.45) is 16.6 Å². The first kappa shape index (κ1) is 19.2. The van der Waals surface area contributed by atoms with E-state index in [4.69, 9.17) is 5.73 Å². The Morgan fingerprint density at radius 3 is 2.45 bits per heavy atom. The highest BCUT2D eigenvalue weighted by Crippen LogP contribution is 2.28. The van der Waals surface area contributed by atoms with Crippen LogP contribution in [-0.4, -0.2) is 37.5 Å². The molecule has 0 amide bonds. The molecule has 1 fully saturated rings. The fourth-order valence-corrected chi connectivity index (χ4v) is 3.15. The van der Waals surface area contributed by atoms with Crippen LogP contribution in [0.4, 0.5) is 5.69 Å². The summed E-state index contributed by atoms with van der Waals surface area (Å²) in [6, 6.07) is 10.4. The van der Waals surface area contributed by atoms with Gasteiger partial charge >= 0.3 is 0 Å². The van der Waals surface area contributed by atoms with Crippen molar-refractivity contribution in [3.05, 3.63) is 30.3 Å². The Morgan fingerprint density at radius 2 is 1.86 bits per heavy atom. The molecule has 0 spiro atoms. The van der Waals surface area contributed by atoms with Crippen LogP contribution in [0.15, 0.2) is 35.3 Å². The third kappa shape index (κ3) is 6.12. The number of aliphatic imine (C=N–C) groups is 1. The van der Waals surface area contributed by atoms with Gasteiger partial charge in [0.15, 0.2) is 5.96 Å². The molecule has 1 aliphatic rings. The summed E-state index contributed by atoms with van der Waals surface area (Å²) in [4.78, 5) is 6.86. The normalized spacial score (nSPS) is 17.9. The summed E-state index contributed by atoms with van der Waals surface area (Å²) in [5.41, 5.74) is 6.99. The van der Waals surface area contributed by atoms with Crippen molar-refractivity contribution in [3.8, 4) is 0 Å². The maximum atomic E-state index is 6.00. The van der Waals surface area contributed by atoms with Crippen molar-refractivity contribution >= 4 is 35.6 Å². The van der Waals surface area contributed by atoms with E-state index in [2.05, 4.69) is 29.3 Å². The molecular weight excluding hydrogens is 387 g/mol. The molecule has 0 aliphatic heterocycles. The summed E-state index contributed by atoms with van der Waals surface area (Å²) in [7, 11) is 4.30. The molecule has 2 rings (SSSR count). The van der Waals surface area contributed by atoms with Gasteiger partial charge in [-0.2, -0.15) is 0 Å². The van der Waals surface area contributed by atoms with Gasteiger partial charge in [-0.15, -0.1) is 24.0 Å². The molecule has 0 saturated heterocycles. The second kappa shape index (κ2) is 10.0. The first-order chi connectivity index (χ1) is 10.2. The average molecular weight is 416 g/mol. The van der Waals surface area contributed by atoms with E-state index in [1.807, 2.05) is 30.3 Å². The van der Waals surface area contributed by atoms with Crippen molar-refractivity contribution < 1.29 is 0 Å². The molecule has 4 nitrogen and oxygen atoms in total. The van der Waals surface area contributed by atoms with Crippen molar-refractivity contribution in [2.45, 2.75) is 38.1 Å². The van der Waals surface area contributed by atoms with Crippen LogP contribution in [-0.2, 0) is 0 Å². The van der Waals surface area contributed by atoms with Gasteiger partial charge in [-0.05, 0) is 45.0 Å². The van der Waals surface area contributed by atoms with E-state index in [1.165, 1.54) is 32.1 Å². The van der Waals surface area contributed by atoms with E-state index in [1.54, 1.807) is 0 Å². The lowest BCUT2D eigenvalue weighted by atomic mass is 9.83. The Balaban J connectivity index is 0.00000242. The SMILES string of the molecule is CN(C)C(CN=C(N)Nc1ccccc1)C1CCCCC1.I. The van der Waals surface area contributed by atoms with Gasteiger partial charge in [-0.25, -0.2) is 0 Å². The highest BCUT2D eigenvalue weighted by atomic mass is 127. The number of nitrogens with zero attached hydrogens (tertiary/aromatic N) is 2. The van der Waals surface area contributed by atoms with Crippen LogP contribution < -0.4 is 11.1 Å². The topological polar surface area (TPSA) is 53.6 Å². The molecule has 5 heteroatoms. The Hall–Kier alpha value is -0.820. The van der Waals surface area contributed by atoms with Gasteiger partial charge in [0.25, 0.3) is 0 Å². The van der Waals surface area contributed by atoms with Gasteiger partial charge in [0.1, 0.15) is 0 Å². The van der Waals surface area contributed by atoms with Gasteiger partial charge in [0.05, 0.1) is 6.54 Å². The monoisotopic (exact) mass is 416 g/mol. The molecule has 1 atom stereocenters. The Bertz CT molecular complexity index is 441. The molecule has 3 N–H and O–H groups in total. The highest BCUT2D eigenvalue weighted by molar-refractivity contribution is 14.0. The summed E-state index contributed by atoms with van der Waals surface area (Å²) >= 11 is 0. The van der Waals surface area contributed by atoms with Crippen LogP contribution in [0, 0.1) is 5.92 Å². The number of guanidine groups is 1. The summed E-state index contributed by atoms with van der Waals surface area (Å²) in [5.74, 6) is 1.26. The zero-order valence-electron chi connectivity index (χ0n) is 13.7. The van der Waals surface area contributed by atoms with Gasteiger partial charge in [0.2, 0.25) is 0 Å². The number of nitrogens with one attached hydrogen (secondary N) is 1. The number of halogens is 1. The predicted molar refractivity (Wildman–Crippen MR) is 106 cm³/mol. The van der Waals surface area contributed by atoms with Crippen molar-refractivity contribution in [1.29, 1.82) is 0 Å². The van der Waals surface area contributed by atoms with E-state index in [9.17, 15) is 0 Å². The average Bonchev–Trinajstić information content (AvgIpc) is 2.49. The van der Waals surface area contributed by atoms with E-state index >= 15 is 0 Å². The molecule has 124 valence electrons. The number of rotatable bonds is 5. The van der Waals surface area contributed by atoms with Crippen LogP contribution >= 0.6 is 24.0 Å². The molecular formula is C17H29IN4. The number of hydrogen-bond donors (Lipinski definition) is 2. The lowest BCUT2D eigenvalue weighted by molar-refractivity contribution is 0.176. The molecule has 1 saturated carbocycles. The minimum absolute atomic E-state index is 0. The van der Waals surface area contributed by atoms with Crippen molar-refractivity contribution in [3.63, 3.8) is 0 Å². The molecule has 0 heterocycles.